The Hall–Kier alpha value is 0.0700. The van der Waals surface area contributed by atoms with E-state index >= 15 is 0 Å². The zero-order chi connectivity index (χ0) is 11.7. The third-order valence-electron chi connectivity index (χ3n) is 2.68. The summed E-state index contributed by atoms with van der Waals surface area (Å²) in [6, 6.07) is 0.373. The van der Waals surface area contributed by atoms with Gasteiger partial charge in [-0.1, -0.05) is 27.2 Å². The molecule has 92 valence electrons. The second-order valence-electron chi connectivity index (χ2n) is 3.85. The van der Waals surface area contributed by atoms with E-state index in [1.165, 1.54) is 0 Å². The van der Waals surface area contributed by atoms with Crippen LogP contribution in [0.1, 0.15) is 27.2 Å². The predicted molar refractivity (Wildman–Crippen MR) is 66.7 cm³/mol. The van der Waals surface area contributed by atoms with Crippen LogP contribution < -0.4 is 5.32 Å². The normalized spacial score (nSPS) is 17.3. The van der Waals surface area contributed by atoms with Crippen molar-refractivity contribution in [2.24, 2.45) is 5.92 Å². The molecule has 0 heterocycles. The fourth-order valence-corrected chi connectivity index (χ4v) is 2.80. The van der Waals surface area contributed by atoms with E-state index in [1.807, 2.05) is 0 Å². The minimum Gasteiger partial charge on any atom is -0.384 e. The maximum atomic E-state index is 11.7. The first kappa shape index (κ1) is 15.1. The Morgan fingerprint density at radius 3 is 2.53 bits per heavy atom. The zero-order valence-electron chi connectivity index (χ0n) is 10.4. The van der Waals surface area contributed by atoms with Crippen molar-refractivity contribution in [2.75, 3.05) is 31.8 Å². The SMILES string of the molecule is CCNC(CS(=O)CCOC)C(C)CC. The van der Waals surface area contributed by atoms with Gasteiger partial charge in [-0.2, -0.15) is 0 Å². The van der Waals surface area contributed by atoms with Gasteiger partial charge in [-0.05, 0) is 12.5 Å². The summed E-state index contributed by atoms with van der Waals surface area (Å²) in [6.07, 6.45) is 1.12. The minimum absolute atomic E-state index is 0.373. The molecule has 0 spiro atoms. The number of rotatable bonds is 9. The summed E-state index contributed by atoms with van der Waals surface area (Å²) >= 11 is 0. The number of hydrogen-bond donors (Lipinski definition) is 1. The van der Waals surface area contributed by atoms with E-state index < -0.39 is 10.8 Å². The Bertz CT molecular complexity index is 176. The van der Waals surface area contributed by atoms with Crippen LogP contribution in [0.5, 0.6) is 0 Å². The van der Waals surface area contributed by atoms with Crippen LogP contribution in [0.4, 0.5) is 0 Å². The quantitative estimate of drug-likeness (QED) is 0.656. The van der Waals surface area contributed by atoms with Gasteiger partial charge in [0, 0.05) is 35.5 Å². The van der Waals surface area contributed by atoms with Crippen molar-refractivity contribution in [3.63, 3.8) is 0 Å². The Kier molecular flexibility index (Phi) is 9.35. The van der Waals surface area contributed by atoms with Crippen molar-refractivity contribution < 1.29 is 8.95 Å². The van der Waals surface area contributed by atoms with Crippen LogP contribution in [0, 0.1) is 5.92 Å². The lowest BCUT2D eigenvalue weighted by Crippen LogP contribution is -2.39. The summed E-state index contributed by atoms with van der Waals surface area (Å²) in [5.74, 6) is 1.97. The molecule has 0 saturated carbocycles. The molecule has 3 atom stereocenters. The van der Waals surface area contributed by atoms with Gasteiger partial charge in [-0.15, -0.1) is 0 Å². The molecule has 0 rings (SSSR count). The molecule has 0 aliphatic carbocycles. The average molecular weight is 235 g/mol. The summed E-state index contributed by atoms with van der Waals surface area (Å²) in [4.78, 5) is 0. The van der Waals surface area contributed by atoms with Crippen LogP contribution in [-0.4, -0.2) is 42.0 Å². The van der Waals surface area contributed by atoms with Crippen LogP contribution in [0.3, 0.4) is 0 Å². The molecule has 0 aromatic heterocycles. The Labute approximate surface area is 96.4 Å². The lowest BCUT2D eigenvalue weighted by Gasteiger charge is -2.23. The van der Waals surface area contributed by atoms with Gasteiger partial charge >= 0.3 is 0 Å². The summed E-state index contributed by atoms with van der Waals surface area (Å²) in [7, 11) is 0.885. The van der Waals surface area contributed by atoms with Crippen molar-refractivity contribution in [3.05, 3.63) is 0 Å². The molecule has 0 aromatic rings. The third-order valence-corrected chi connectivity index (χ3v) is 4.03. The molecule has 0 aromatic carbocycles. The number of hydrogen-bond acceptors (Lipinski definition) is 3. The molecule has 15 heavy (non-hydrogen) atoms. The fourth-order valence-electron chi connectivity index (χ4n) is 1.43. The Balaban J connectivity index is 3.97. The van der Waals surface area contributed by atoms with Crippen molar-refractivity contribution >= 4 is 10.8 Å². The highest BCUT2D eigenvalue weighted by atomic mass is 32.2. The first-order chi connectivity index (χ1) is 7.15. The van der Waals surface area contributed by atoms with Crippen molar-refractivity contribution in [3.8, 4) is 0 Å². The Morgan fingerprint density at radius 2 is 2.07 bits per heavy atom. The third kappa shape index (κ3) is 7.03. The van der Waals surface area contributed by atoms with E-state index in [4.69, 9.17) is 4.74 Å². The molecule has 0 saturated heterocycles. The molecule has 0 amide bonds. The highest BCUT2D eigenvalue weighted by Crippen LogP contribution is 2.09. The molecule has 0 fully saturated rings. The summed E-state index contributed by atoms with van der Waals surface area (Å²) in [5.41, 5.74) is 0. The van der Waals surface area contributed by atoms with Gasteiger partial charge in [0.05, 0.1) is 6.61 Å². The summed E-state index contributed by atoms with van der Waals surface area (Å²) < 4.78 is 16.6. The highest BCUT2D eigenvalue weighted by molar-refractivity contribution is 7.85. The largest absolute Gasteiger partial charge is 0.384 e. The van der Waals surface area contributed by atoms with Crippen molar-refractivity contribution in [2.45, 2.75) is 33.2 Å². The second-order valence-corrected chi connectivity index (χ2v) is 5.47. The van der Waals surface area contributed by atoms with E-state index in [9.17, 15) is 4.21 Å². The van der Waals surface area contributed by atoms with Crippen LogP contribution >= 0.6 is 0 Å². The fraction of sp³-hybridized carbons (Fsp3) is 1.00. The molecule has 3 nitrogen and oxygen atoms in total. The lowest BCUT2D eigenvalue weighted by atomic mass is 10.0. The molecular weight excluding hydrogens is 210 g/mol. The van der Waals surface area contributed by atoms with Gasteiger partial charge in [0.25, 0.3) is 0 Å². The monoisotopic (exact) mass is 235 g/mol. The molecule has 4 heteroatoms. The topological polar surface area (TPSA) is 38.3 Å². The van der Waals surface area contributed by atoms with E-state index in [0.29, 0.717) is 24.3 Å². The number of ether oxygens (including phenoxy) is 1. The van der Waals surface area contributed by atoms with Gasteiger partial charge < -0.3 is 10.1 Å². The number of methoxy groups -OCH3 is 1. The van der Waals surface area contributed by atoms with Gasteiger partial charge in [0.1, 0.15) is 0 Å². The van der Waals surface area contributed by atoms with Crippen molar-refractivity contribution in [1.82, 2.24) is 5.32 Å². The van der Waals surface area contributed by atoms with E-state index in [1.54, 1.807) is 7.11 Å². The highest BCUT2D eigenvalue weighted by Gasteiger charge is 2.17. The van der Waals surface area contributed by atoms with Gasteiger partial charge in [-0.25, -0.2) is 0 Å². The smallest absolute Gasteiger partial charge is 0.0577 e. The maximum Gasteiger partial charge on any atom is 0.0577 e. The maximum absolute atomic E-state index is 11.7. The molecule has 1 N–H and O–H groups in total. The molecule has 0 aliphatic rings. The van der Waals surface area contributed by atoms with Gasteiger partial charge in [0.2, 0.25) is 0 Å². The lowest BCUT2D eigenvalue weighted by molar-refractivity contribution is 0.218. The Morgan fingerprint density at radius 1 is 1.40 bits per heavy atom. The van der Waals surface area contributed by atoms with Crippen LogP contribution in [-0.2, 0) is 15.5 Å². The first-order valence-corrected chi connectivity index (χ1v) is 7.21. The van der Waals surface area contributed by atoms with Gasteiger partial charge in [-0.3, -0.25) is 4.21 Å². The van der Waals surface area contributed by atoms with Crippen LogP contribution in [0.2, 0.25) is 0 Å². The molecular formula is C11H25NO2S. The predicted octanol–water partition coefficient (Wildman–Crippen LogP) is 1.41. The van der Waals surface area contributed by atoms with E-state index in [2.05, 4.69) is 26.1 Å². The number of nitrogens with one attached hydrogen (secondary N) is 1. The first-order valence-electron chi connectivity index (χ1n) is 5.72. The van der Waals surface area contributed by atoms with E-state index in [0.717, 1.165) is 18.7 Å². The van der Waals surface area contributed by atoms with Crippen LogP contribution in [0.25, 0.3) is 0 Å². The average Bonchev–Trinajstić information content (AvgIpc) is 2.24. The van der Waals surface area contributed by atoms with E-state index in [-0.39, 0.29) is 0 Å². The molecule has 0 aliphatic heterocycles. The minimum atomic E-state index is -0.761. The summed E-state index contributed by atoms with van der Waals surface area (Å²) in [6.45, 7) is 8.00. The standard InChI is InChI=1S/C11H25NO2S/c1-5-10(3)11(12-6-2)9-15(13)8-7-14-4/h10-12H,5-9H2,1-4H3. The van der Waals surface area contributed by atoms with Crippen LogP contribution in [0.15, 0.2) is 0 Å². The molecule has 0 bridgehead atoms. The molecule has 3 unspecified atom stereocenters. The van der Waals surface area contributed by atoms with Crippen molar-refractivity contribution in [1.29, 1.82) is 0 Å². The van der Waals surface area contributed by atoms with Gasteiger partial charge in [0.15, 0.2) is 0 Å². The second kappa shape index (κ2) is 9.31. The zero-order valence-corrected chi connectivity index (χ0v) is 11.2. The molecule has 0 radical (unpaired) electrons. The summed E-state index contributed by atoms with van der Waals surface area (Å²) in [5, 5.41) is 3.41.